The lowest BCUT2D eigenvalue weighted by Crippen LogP contribution is -2.40. The smallest absolute Gasteiger partial charge is 0.132 e. The monoisotopic (exact) mass is 278 g/mol. The van der Waals surface area contributed by atoms with E-state index in [9.17, 15) is 0 Å². The highest BCUT2D eigenvalue weighted by Crippen LogP contribution is 2.21. The summed E-state index contributed by atoms with van der Waals surface area (Å²) in [4.78, 5) is 11.3. The fourth-order valence-corrected chi connectivity index (χ4v) is 2.78. The van der Waals surface area contributed by atoms with Crippen LogP contribution in [0.2, 0.25) is 0 Å². The molecular weight excluding hydrogens is 252 g/mol. The quantitative estimate of drug-likeness (QED) is 0.800. The number of hydrogen-bond acceptors (Lipinski definition) is 5. The fourth-order valence-electron chi connectivity index (χ4n) is 2.78. The van der Waals surface area contributed by atoms with Gasteiger partial charge in [-0.25, -0.2) is 9.97 Å². The summed E-state index contributed by atoms with van der Waals surface area (Å²) in [5.41, 5.74) is 1.05. The highest BCUT2D eigenvalue weighted by molar-refractivity contribution is 5.40. The highest BCUT2D eigenvalue weighted by Gasteiger charge is 2.21. The first-order chi connectivity index (χ1) is 9.69. The molecule has 0 bridgehead atoms. The molecule has 1 aromatic rings. The van der Waals surface area contributed by atoms with Crippen LogP contribution >= 0.6 is 0 Å². The van der Waals surface area contributed by atoms with E-state index >= 15 is 0 Å². The molecule has 5 heteroatoms. The number of nitrogens with one attached hydrogen (secondary N) is 1. The number of methoxy groups -OCH3 is 1. The van der Waals surface area contributed by atoms with Crippen molar-refractivity contribution in [3.8, 4) is 0 Å². The summed E-state index contributed by atoms with van der Waals surface area (Å²) < 4.78 is 5.06. The van der Waals surface area contributed by atoms with Crippen LogP contribution in [-0.2, 0) is 4.74 Å². The normalized spacial score (nSPS) is 19.4. The Labute approximate surface area is 121 Å². The van der Waals surface area contributed by atoms with Crippen LogP contribution in [0.15, 0.2) is 6.07 Å². The third-order valence-electron chi connectivity index (χ3n) is 3.71. The summed E-state index contributed by atoms with van der Waals surface area (Å²) in [5.74, 6) is 2.63. The van der Waals surface area contributed by atoms with E-state index < -0.39 is 0 Å². The number of aromatic nitrogens is 2. The standard InChI is InChI=1S/C15H26N4O/c1-12-9-15(18-13(2)17-12)19-7-4-5-14(11-19)10-16-6-8-20-3/h9,14,16H,4-8,10-11H2,1-3H3. The van der Waals surface area contributed by atoms with Crippen LogP contribution in [0, 0.1) is 19.8 Å². The van der Waals surface area contributed by atoms with Crippen molar-refractivity contribution in [2.24, 2.45) is 5.92 Å². The summed E-state index contributed by atoms with van der Waals surface area (Å²) in [6, 6.07) is 2.09. The van der Waals surface area contributed by atoms with E-state index in [-0.39, 0.29) is 0 Å². The number of hydrogen-bond donors (Lipinski definition) is 1. The van der Waals surface area contributed by atoms with E-state index in [1.165, 1.54) is 12.8 Å². The van der Waals surface area contributed by atoms with Gasteiger partial charge in [-0.2, -0.15) is 0 Å². The molecule has 0 radical (unpaired) electrons. The van der Waals surface area contributed by atoms with Crippen LogP contribution in [-0.4, -0.2) is 49.9 Å². The van der Waals surface area contributed by atoms with E-state index in [2.05, 4.69) is 26.3 Å². The maximum Gasteiger partial charge on any atom is 0.132 e. The Hall–Kier alpha value is -1.20. The Morgan fingerprint density at radius 1 is 1.40 bits per heavy atom. The zero-order valence-electron chi connectivity index (χ0n) is 12.9. The zero-order chi connectivity index (χ0) is 14.4. The lowest BCUT2D eigenvalue weighted by molar-refractivity contribution is 0.197. The van der Waals surface area contributed by atoms with Gasteiger partial charge in [-0.3, -0.25) is 0 Å². The zero-order valence-corrected chi connectivity index (χ0v) is 12.9. The van der Waals surface area contributed by atoms with Crippen molar-refractivity contribution in [2.75, 3.05) is 44.8 Å². The molecule has 0 amide bonds. The molecule has 20 heavy (non-hydrogen) atoms. The molecule has 5 nitrogen and oxygen atoms in total. The van der Waals surface area contributed by atoms with Crippen LogP contribution < -0.4 is 10.2 Å². The van der Waals surface area contributed by atoms with Gasteiger partial charge >= 0.3 is 0 Å². The Morgan fingerprint density at radius 2 is 2.25 bits per heavy atom. The number of aryl methyl sites for hydroxylation is 2. The molecule has 1 N–H and O–H groups in total. The number of nitrogens with zero attached hydrogens (tertiary/aromatic N) is 3. The molecule has 1 aliphatic heterocycles. The minimum atomic E-state index is 0.691. The van der Waals surface area contributed by atoms with Gasteiger partial charge in [-0.1, -0.05) is 0 Å². The molecule has 1 unspecified atom stereocenters. The molecule has 2 rings (SSSR count). The van der Waals surface area contributed by atoms with Gasteiger partial charge in [0, 0.05) is 38.5 Å². The molecule has 0 spiro atoms. The van der Waals surface area contributed by atoms with Crippen LogP contribution in [0.4, 0.5) is 5.82 Å². The third kappa shape index (κ3) is 4.42. The Balaban J connectivity index is 1.89. The number of ether oxygens (including phenoxy) is 1. The van der Waals surface area contributed by atoms with Crippen LogP contribution in [0.25, 0.3) is 0 Å². The predicted molar refractivity (Wildman–Crippen MR) is 81.2 cm³/mol. The lowest BCUT2D eigenvalue weighted by Gasteiger charge is -2.34. The van der Waals surface area contributed by atoms with Crippen molar-refractivity contribution >= 4 is 5.82 Å². The van der Waals surface area contributed by atoms with Crippen molar-refractivity contribution in [3.63, 3.8) is 0 Å². The molecule has 0 aromatic carbocycles. The number of anilines is 1. The average Bonchev–Trinajstić information content (AvgIpc) is 2.43. The Morgan fingerprint density at radius 3 is 3.00 bits per heavy atom. The van der Waals surface area contributed by atoms with Gasteiger partial charge in [0.25, 0.3) is 0 Å². The van der Waals surface area contributed by atoms with Crippen molar-refractivity contribution in [1.82, 2.24) is 15.3 Å². The van der Waals surface area contributed by atoms with Crippen molar-refractivity contribution in [1.29, 1.82) is 0 Å². The summed E-state index contributed by atoms with van der Waals surface area (Å²) in [5, 5.41) is 3.47. The Bertz CT molecular complexity index is 404. The second kappa shape index (κ2) is 7.55. The first-order valence-electron chi connectivity index (χ1n) is 7.46. The molecule has 0 saturated carbocycles. The summed E-state index contributed by atoms with van der Waals surface area (Å²) in [7, 11) is 1.74. The van der Waals surface area contributed by atoms with E-state index in [0.29, 0.717) is 5.92 Å². The van der Waals surface area contributed by atoms with E-state index in [1.807, 2.05) is 13.8 Å². The molecule has 112 valence electrons. The molecule has 1 saturated heterocycles. The summed E-state index contributed by atoms with van der Waals surface area (Å²) in [6.07, 6.45) is 2.53. The first kappa shape index (κ1) is 15.2. The number of rotatable bonds is 6. The van der Waals surface area contributed by atoms with Crippen molar-refractivity contribution in [2.45, 2.75) is 26.7 Å². The van der Waals surface area contributed by atoms with Gasteiger partial charge in [0.15, 0.2) is 0 Å². The topological polar surface area (TPSA) is 50.3 Å². The fraction of sp³-hybridized carbons (Fsp3) is 0.733. The van der Waals surface area contributed by atoms with Gasteiger partial charge < -0.3 is 15.0 Å². The predicted octanol–water partition coefficient (Wildman–Crippen LogP) is 1.55. The molecule has 0 aliphatic carbocycles. The second-order valence-corrected chi connectivity index (χ2v) is 5.57. The molecule has 1 atom stereocenters. The molecular formula is C15H26N4O. The maximum atomic E-state index is 5.06. The number of piperidine rings is 1. The van der Waals surface area contributed by atoms with E-state index in [1.54, 1.807) is 7.11 Å². The largest absolute Gasteiger partial charge is 0.383 e. The first-order valence-corrected chi connectivity index (χ1v) is 7.46. The Kier molecular flexibility index (Phi) is 5.73. The van der Waals surface area contributed by atoms with Gasteiger partial charge in [-0.15, -0.1) is 0 Å². The summed E-state index contributed by atoms with van der Waals surface area (Å²) in [6.45, 7) is 8.94. The van der Waals surface area contributed by atoms with Crippen LogP contribution in [0.3, 0.4) is 0 Å². The lowest BCUT2D eigenvalue weighted by atomic mass is 9.98. The maximum absolute atomic E-state index is 5.06. The van der Waals surface area contributed by atoms with Crippen molar-refractivity contribution in [3.05, 3.63) is 17.6 Å². The van der Waals surface area contributed by atoms with E-state index in [0.717, 1.165) is 50.1 Å². The van der Waals surface area contributed by atoms with Crippen LogP contribution in [0.1, 0.15) is 24.4 Å². The SMILES string of the molecule is COCCNCC1CCCN(c2cc(C)nc(C)n2)C1. The molecule has 1 aliphatic rings. The van der Waals surface area contributed by atoms with E-state index in [4.69, 9.17) is 4.74 Å². The minimum Gasteiger partial charge on any atom is -0.383 e. The third-order valence-corrected chi connectivity index (χ3v) is 3.71. The van der Waals surface area contributed by atoms with Gasteiger partial charge in [-0.05, 0) is 39.2 Å². The highest BCUT2D eigenvalue weighted by atomic mass is 16.5. The van der Waals surface area contributed by atoms with Gasteiger partial charge in [0.1, 0.15) is 11.6 Å². The minimum absolute atomic E-state index is 0.691. The molecule has 2 heterocycles. The average molecular weight is 278 g/mol. The van der Waals surface area contributed by atoms with Crippen molar-refractivity contribution < 1.29 is 4.74 Å². The molecule has 1 aromatic heterocycles. The second-order valence-electron chi connectivity index (χ2n) is 5.57. The van der Waals surface area contributed by atoms with Gasteiger partial charge in [0.05, 0.1) is 6.61 Å². The van der Waals surface area contributed by atoms with Crippen LogP contribution in [0.5, 0.6) is 0 Å². The van der Waals surface area contributed by atoms with Gasteiger partial charge in [0.2, 0.25) is 0 Å². The summed E-state index contributed by atoms with van der Waals surface area (Å²) >= 11 is 0. The molecule has 1 fully saturated rings.